The van der Waals surface area contributed by atoms with Gasteiger partial charge in [0.25, 0.3) is 0 Å². The van der Waals surface area contributed by atoms with Crippen LogP contribution in [0.3, 0.4) is 0 Å². The van der Waals surface area contributed by atoms with E-state index in [4.69, 9.17) is 2.74 Å². The first-order chi connectivity index (χ1) is 25.7. The van der Waals surface area contributed by atoms with Crippen molar-refractivity contribution in [3.8, 4) is 44.5 Å². The van der Waals surface area contributed by atoms with Crippen molar-refractivity contribution < 1.29 is 9.60 Å². The van der Waals surface area contributed by atoms with Crippen LogP contribution in [0.1, 0.15) is 9.60 Å². The first-order valence-corrected chi connectivity index (χ1v) is 15.4. The minimum Gasteiger partial charge on any atom is -0.0622 e. The van der Waals surface area contributed by atoms with Crippen LogP contribution in [0.2, 0.25) is 0 Å². The second kappa shape index (κ2) is 10.9. The monoisotopic (exact) mass is 589 g/mol. The SMILES string of the molecule is [2H]c1c([2H])c([2H])c2c(-c3cccc(-c4ccccc4)c3)c3c([2H])c(-c4ccc5ccccc5c4)c([2H])c([2H])c3c(-c3ccc4ccccc4c3)c2c1[2H]. The Morgan fingerprint density at radius 1 is 0.304 bits per heavy atom. The van der Waals surface area contributed by atoms with Crippen LogP contribution in [0.5, 0.6) is 0 Å². The zero-order chi connectivity index (χ0) is 36.5. The number of hydrogen-bond acceptors (Lipinski definition) is 0. The number of benzene rings is 9. The second-order valence-corrected chi connectivity index (χ2v) is 11.6. The van der Waals surface area contributed by atoms with Crippen LogP contribution in [-0.4, -0.2) is 0 Å². The van der Waals surface area contributed by atoms with Crippen LogP contribution >= 0.6 is 0 Å². The van der Waals surface area contributed by atoms with Gasteiger partial charge in [-0.05, 0) is 112 Å². The fourth-order valence-electron chi connectivity index (χ4n) is 6.61. The van der Waals surface area contributed by atoms with Gasteiger partial charge in [0.05, 0.1) is 9.60 Å². The fourth-order valence-corrected chi connectivity index (χ4v) is 6.61. The summed E-state index contributed by atoms with van der Waals surface area (Å²) in [5.74, 6) is 0. The van der Waals surface area contributed by atoms with Crippen molar-refractivity contribution in [1.82, 2.24) is 0 Å². The zero-order valence-electron chi connectivity index (χ0n) is 31.8. The van der Waals surface area contributed by atoms with Crippen molar-refractivity contribution in [3.63, 3.8) is 0 Å². The smallest absolute Gasteiger partial charge is 0.0622 e. The van der Waals surface area contributed by atoms with E-state index in [1.165, 1.54) is 0 Å². The minimum atomic E-state index is -0.385. The van der Waals surface area contributed by atoms with Gasteiger partial charge in [0.15, 0.2) is 0 Å². The van der Waals surface area contributed by atoms with E-state index in [1.54, 1.807) is 0 Å². The van der Waals surface area contributed by atoms with Gasteiger partial charge < -0.3 is 0 Å². The Labute approximate surface area is 278 Å². The van der Waals surface area contributed by atoms with Crippen LogP contribution in [-0.2, 0) is 0 Å². The molecule has 0 saturated heterocycles. The maximum atomic E-state index is 10.0. The number of fused-ring (bicyclic) bond motifs is 4. The van der Waals surface area contributed by atoms with Crippen LogP contribution in [0, 0.1) is 0 Å². The number of hydrogen-bond donors (Lipinski definition) is 0. The third kappa shape index (κ3) is 4.47. The predicted molar refractivity (Wildman–Crippen MR) is 198 cm³/mol. The highest BCUT2D eigenvalue weighted by Crippen LogP contribution is 2.46. The van der Waals surface area contributed by atoms with Gasteiger partial charge in [0.2, 0.25) is 0 Å². The van der Waals surface area contributed by atoms with Gasteiger partial charge in [-0.3, -0.25) is 0 Å². The Kier molecular flexibility index (Phi) is 4.76. The number of rotatable bonds is 4. The Morgan fingerprint density at radius 3 is 1.52 bits per heavy atom. The molecule has 0 amide bonds. The van der Waals surface area contributed by atoms with Crippen LogP contribution in [0.25, 0.3) is 87.6 Å². The molecule has 214 valence electrons. The summed E-state index contributed by atoms with van der Waals surface area (Å²) in [5.41, 5.74) is 4.91. The van der Waals surface area contributed by atoms with Gasteiger partial charge in [0, 0.05) is 0 Å². The third-order valence-corrected chi connectivity index (χ3v) is 8.83. The topological polar surface area (TPSA) is 0 Å². The van der Waals surface area contributed by atoms with Gasteiger partial charge in [-0.15, -0.1) is 0 Å². The van der Waals surface area contributed by atoms with Crippen molar-refractivity contribution in [2.45, 2.75) is 0 Å². The molecule has 0 bridgehead atoms. The maximum absolute atomic E-state index is 10.0. The van der Waals surface area contributed by atoms with E-state index in [0.29, 0.717) is 44.2 Å². The summed E-state index contributed by atoms with van der Waals surface area (Å²) in [6, 6.07) is 43.6. The normalized spacial score (nSPS) is 13.6. The first kappa shape index (κ1) is 20.1. The summed E-state index contributed by atoms with van der Waals surface area (Å²) in [6.45, 7) is 0. The van der Waals surface area contributed by atoms with Crippen LogP contribution < -0.4 is 0 Å². The van der Waals surface area contributed by atoms with Crippen LogP contribution in [0.15, 0.2) is 182 Å². The van der Waals surface area contributed by atoms with E-state index in [-0.39, 0.29) is 53.1 Å². The molecule has 9 aromatic rings. The molecule has 0 N–H and O–H groups in total. The molecule has 0 aromatic heterocycles. The van der Waals surface area contributed by atoms with Gasteiger partial charge in [-0.25, -0.2) is 0 Å². The molecule has 0 saturated carbocycles. The Morgan fingerprint density at radius 2 is 0.804 bits per heavy atom. The Hall–Kier alpha value is -5.98. The standard InChI is InChI=1S/C46H30/c1-2-11-31(12-3-1)36-17-10-18-39(28-36)46-42-20-9-8-19-41(42)45(40-24-22-33-14-5-7-16-35(33)29-40)43-26-25-38(30-44(43)46)37-23-21-32-13-4-6-15-34(32)27-37/h1-30H/i8D,9D,19D,20D,25D,26D,30D. The van der Waals surface area contributed by atoms with E-state index in [2.05, 4.69) is 0 Å². The molecule has 9 aromatic carbocycles. The molecule has 0 heterocycles. The van der Waals surface area contributed by atoms with Crippen molar-refractivity contribution in [2.75, 3.05) is 0 Å². The summed E-state index contributed by atoms with van der Waals surface area (Å²) >= 11 is 0. The summed E-state index contributed by atoms with van der Waals surface area (Å²) in [4.78, 5) is 0. The van der Waals surface area contributed by atoms with E-state index in [0.717, 1.165) is 32.7 Å². The van der Waals surface area contributed by atoms with E-state index < -0.39 is 0 Å². The molecule has 0 spiro atoms. The molecule has 0 unspecified atom stereocenters. The average molecular weight is 590 g/mol. The zero-order valence-corrected chi connectivity index (χ0v) is 24.8. The van der Waals surface area contributed by atoms with Gasteiger partial charge in [0.1, 0.15) is 0 Å². The summed E-state index contributed by atoms with van der Waals surface area (Å²) in [7, 11) is 0. The van der Waals surface area contributed by atoms with Crippen molar-refractivity contribution >= 4 is 43.1 Å². The minimum absolute atomic E-state index is 0.0211. The molecule has 46 heavy (non-hydrogen) atoms. The van der Waals surface area contributed by atoms with E-state index in [1.807, 2.05) is 140 Å². The molecule has 0 aliphatic heterocycles. The quantitative estimate of drug-likeness (QED) is 0.179. The summed E-state index contributed by atoms with van der Waals surface area (Å²) in [6.07, 6.45) is 0. The van der Waals surface area contributed by atoms with Crippen molar-refractivity contribution in [2.24, 2.45) is 0 Å². The highest BCUT2D eigenvalue weighted by Gasteiger charge is 2.18. The Bertz CT molecular complexity index is 2970. The molecule has 0 heteroatoms. The molecule has 0 nitrogen and oxygen atoms in total. The third-order valence-electron chi connectivity index (χ3n) is 8.83. The molecular formula is C46H30. The highest BCUT2D eigenvalue weighted by molar-refractivity contribution is 6.22. The van der Waals surface area contributed by atoms with Gasteiger partial charge >= 0.3 is 0 Å². The molecule has 0 atom stereocenters. The predicted octanol–water partition coefficient (Wildman–Crippen LogP) is 13.0. The average Bonchev–Trinajstić information content (AvgIpc) is 3.20. The Balaban J connectivity index is 1.53. The van der Waals surface area contributed by atoms with Gasteiger partial charge in [-0.2, -0.15) is 0 Å². The lowest BCUT2D eigenvalue weighted by atomic mass is 9.84. The first-order valence-electron chi connectivity index (χ1n) is 18.9. The largest absolute Gasteiger partial charge is 0.0636 e. The highest BCUT2D eigenvalue weighted by atomic mass is 14.2. The van der Waals surface area contributed by atoms with E-state index >= 15 is 0 Å². The molecule has 0 fully saturated rings. The summed E-state index contributed by atoms with van der Waals surface area (Å²) in [5, 5.41) is 5.06. The summed E-state index contributed by atoms with van der Waals surface area (Å²) < 4.78 is 65.8. The molecule has 9 rings (SSSR count). The maximum Gasteiger partial charge on any atom is 0.0636 e. The second-order valence-electron chi connectivity index (χ2n) is 11.6. The lowest BCUT2D eigenvalue weighted by molar-refractivity contribution is 1.61. The van der Waals surface area contributed by atoms with Gasteiger partial charge in [-0.1, -0.05) is 158 Å². The molecule has 0 aliphatic rings. The molecule has 0 aliphatic carbocycles. The fraction of sp³-hybridized carbons (Fsp3) is 0. The van der Waals surface area contributed by atoms with Crippen molar-refractivity contribution in [1.29, 1.82) is 0 Å². The van der Waals surface area contributed by atoms with E-state index in [9.17, 15) is 6.85 Å². The lowest BCUT2D eigenvalue weighted by Crippen LogP contribution is -1.92. The molecule has 0 radical (unpaired) electrons. The van der Waals surface area contributed by atoms with Crippen LogP contribution in [0.4, 0.5) is 0 Å². The van der Waals surface area contributed by atoms with Crippen molar-refractivity contribution in [3.05, 3.63) is 182 Å². The lowest BCUT2D eigenvalue weighted by Gasteiger charge is -2.19. The molecular weight excluding hydrogens is 553 g/mol.